The van der Waals surface area contributed by atoms with Gasteiger partial charge in [-0.15, -0.1) is 22.7 Å². The average Bonchev–Trinajstić information content (AvgIpc) is 3.33. The van der Waals surface area contributed by atoms with Crippen molar-refractivity contribution < 1.29 is 19.1 Å². The molecule has 0 saturated heterocycles. The van der Waals surface area contributed by atoms with Crippen molar-refractivity contribution in [3.05, 3.63) is 56.9 Å². The molecule has 0 spiro atoms. The number of nitriles is 1. The lowest BCUT2D eigenvalue weighted by Crippen LogP contribution is -2.19. The third-order valence-corrected chi connectivity index (χ3v) is 6.42. The van der Waals surface area contributed by atoms with Crippen LogP contribution in [0, 0.1) is 18.3 Å². The number of ether oxygens (including phenoxy) is 2. The van der Waals surface area contributed by atoms with Crippen molar-refractivity contribution in [2.24, 2.45) is 0 Å². The first-order valence-corrected chi connectivity index (χ1v) is 10.1. The van der Waals surface area contributed by atoms with Crippen LogP contribution in [0.2, 0.25) is 0 Å². The summed E-state index contributed by atoms with van der Waals surface area (Å²) in [4.78, 5) is 30.3. The van der Waals surface area contributed by atoms with Crippen LogP contribution in [0.4, 0.5) is 0 Å². The van der Waals surface area contributed by atoms with Gasteiger partial charge in [-0.2, -0.15) is 5.26 Å². The van der Waals surface area contributed by atoms with Gasteiger partial charge in [0, 0.05) is 27.1 Å². The Balaban J connectivity index is 1.46. The van der Waals surface area contributed by atoms with Gasteiger partial charge in [-0.25, -0.2) is 9.78 Å². The summed E-state index contributed by atoms with van der Waals surface area (Å²) in [6.45, 7) is 1.71. The number of rotatable bonds is 5. The summed E-state index contributed by atoms with van der Waals surface area (Å²) in [5, 5.41) is 11.5. The van der Waals surface area contributed by atoms with Gasteiger partial charge in [-0.1, -0.05) is 12.1 Å². The molecule has 140 valence electrons. The molecule has 0 aliphatic carbocycles. The van der Waals surface area contributed by atoms with Gasteiger partial charge in [0.2, 0.25) is 0 Å². The summed E-state index contributed by atoms with van der Waals surface area (Å²) in [7, 11) is 0. The van der Waals surface area contributed by atoms with Crippen molar-refractivity contribution in [3.63, 3.8) is 0 Å². The van der Waals surface area contributed by atoms with E-state index < -0.39 is 24.3 Å². The first-order chi connectivity index (χ1) is 13.6. The fourth-order valence-corrected chi connectivity index (χ4v) is 4.81. The number of ketones is 1. The average molecular weight is 410 g/mol. The second-order valence-electron chi connectivity index (χ2n) is 6.18. The third-order valence-electron chi connectivity index (χ3n) is 4.21. The Morgan fingerprint density at radius 2 is 2.21 bits per heavy atom. The SMILES string of the molecule is Cc1csc(C(C#N)C(=O)COC(=O)c2cc3c(s2)-c2ccccc2OC3)n1. The number of carbonyl (C=O) groups excluding carboxylic acids is 2. The molecule has 1 aliphatic heterocycles. The molecule has 0 N–H and O–H groups in total. The van der Waals surface area contributed by atoms with E-state index in [1.807, 2.05) is 30.3 Å². The molecular weight excluding hydrogens is 396 g/mol. The number of thiophene rings is 1. The van der Waals surface area contributed by atoms with Crippen LogP contribution < -0.4 is 4.74 Å². The second-order valence-corrected chi connectivity index (χ2v) is 8.12. The topological polar surface area (TPSA) is 89.3 Å². The van der Waals surface area contributed by atoms with Crippen LogP contribution in [-0.4, -0.2) is 23.3 Å². The van der Waals surface area contributed by atoms with Gasteiger partial charge in [0.25, 0.3) is 0 Å². The molecular formula is C20H14N2O4S2. The molecule has 0 radical (unpaired) electrons. The van der Waals surface area contributed by atoms with E-state index in [1.54, 1.807) is 18.4 Å². The van der Waals surface area contributed by atoms with Crippen molar-refractivity contribution in [3.8, 4) is 22.3 Å². The van der Waals surface area contributed by atoms with Crippen LogP contribution in [-0.2, 0) is 16.1 Å². The Morgan fingerprint density at radius 1 is 1.39 bits per heavy atom. The van der Waals surface area contributed by atoms with Crippen LogP contribution in [0.25, 0.3) is 10.4 Å². The van der Waals surface area contributed by atoms with Crippen molar-refractivity contribution >= 4 is 34.4 Å². The van der Waals surface area contributed by atoms with E-state index in [-0.39, 0.29) is 0 Å². The Morgan fingerprint density at radius 3 is 2.96 bits per heavy atom. The summed E-state index contributed by atoms with van der Waals surface area (Å²) >= 11 is 2.56. The minimum absolute atomic E-state index is 0.384. The zero-order chi connectivity index (χ0) is 19.7. The molecule has 1 atom stereocenters. The second kappa shape index (κ2) is 7.54. The predicted molar refractivity (Wildman–Crippen MR) is 105 cm³/mol. The maximum atomic E-state index is 12.4. The molecule has 0 bridgehead atoms. The maximum Gasteiger partial charge on any atom is 0.348 e. The quantitative estimate of drug-likeness (QED) is 0.588. The van der Waals surface area contributed by atoms with Gasteiger partial charge in [-0.05, 0) is 25.1 Å². The monoisotopic (exact) mass is 410 g/mol. The fourth-order valence-electron chi connectivity index (χ4n) is 2.86. The molecule has 1 unspecified atom stereocenters. The minimum Gasteiger partial charge on any atom is -0.488 e. The number of thiazole rings is 1. The number of nitrogens with zero attached hydrogens (tertiary/aromatic N) is 2. The van der Waals surface area contributed by atoms with Gasteiger partial charge in [0.1, 0.15) is 22.2 Å². The van der Waals surface area contributed by atoms with E-state index in [2.05, 4.69) is 4.98 Å². The number of Topliss-reactive ketones (excluding diaryl/α,β-unsaturated/α-hetero) is 1. The highest BCUT2D eigenvalue weighted by atomic mass is 32.1. The standard InChI is InChI=1S/C20H14N2O4S2/c1-11-10-27-19(22-11)14(7-21)15(23)9-26-20(24)17-6-12-8-25-16-5-3-2-4-13(16)18(12)28-17/h2-6,10,14H,8-9H2,1H3. The van der Waals surface area contributed by atoms with Crippen LogP contribution in [0.5, 0.6) is 5.75 Å². The van der Waals surface area contributed by atoms with Crippen molar-refractivity contribution in [2.75, 3.05) is 6.61 Å². The van der Waals surface area contributed by atoms with E-state index in [9.17, 15) is 14.9 Å². The number of carbonyl (C=O) groups is 2. The highest BCUT2D eigenvalue weighted by Crippen LogP contribution is 2.42. The van der Waals surface area contributed by atoms with E-state index in [4.69, 9.17) is 9.47 Å². The minimum atomic E-state index is -1.02. The van der Waals surface area contributed by atoms with E-state index >= 15 is 0 Å². The number of benzene rings is 1. The molecule has 1 aromatic carbocycles. The predicted octanol–water partition coefficient (Wildman–Crippen LogP) is 4.11. The zero-order valence-corrected chi connectivity index (χ0v) is 16.4. The van der Waals surface area contributed by atoms with Gasteiger partial charge in [0.15, 0.2) is 18.3 Å². The highest BCUT2D eigenvalue weighted by Gasteiger charge is 2.26. The molecule has 3 heterocycles. The van der Waals surface area contributed by atoms with E-state index in [0.29, 0.717) is 16.5 Å². The van der Waals surface area contributed by atoms with Crippen LogP contribution >= 0.6 is 22.7 Å². The summed E-state index contributed by atoms with van der Waals surface area (Å²) in [6.07, 6.45) is 0. The Bertz CT molecular complexity index is 1110. The number of hydrogen-bond acceptors (Lipinski definition) is 8. The Hall–Kier alpha value is -3.02. The number of aryl methyl sites for hydroxylation is 1. The highest BCUT2D eigenvalue weighted by molar-refractivity contribution is 7.17. The number of fused-ring (bicyclic) bond motifs is 3. The van der Waals surface area contributed by atoms with Gasteiger partial charge < -0.3 is 9.47 Å². The Kier molecular flexibility index (Phi) is 4.94. The molecule has 0 fully saturated rings. The normalized spacial score (nSPS) is 12.9. The summed E-state index contributed by atoms with van der Waals surface area (Å²) in [6, 6.07) is 11.3. The molecule has 0 saturated carbocycles. The molecule has 28 heavy (non-hydrogen) atoms. The van der Waals surface area contributed by atoms with Crippen molar-refractivity contribution in [1.82, 2.24) is 4.98 Å². The number of esters is 1. The molecule has 1 aliphatic rings. The molecule has 4 rings (SSSR count). The van der Waals surface area contributed by atoms with Crippen LogP contribution in [0.3, 0.4) is 0 Å². The zero-order valence-electron chi connectivity index (χ0n) is 14.8. The van der Waals surface area contributed by atoms with Gasteiger partial charge in [-0.3, -0.25) is 4.79 Å². The Labute approximate surface area is 169 Å². The van der Waals surface area contributed by atoms with Crippen LogP contribution in [0.1, 0.15) is 31.9 Å². The van der Waals surface area contributed by atoms with E-state index in [1.165, 1.54) is 22.7 Å². The van der Waals surface area contributed by atoms with Crippen LogP contribution in [0.15, 0.2) is 35.7 Å². The summed E-state index contributed by atoms with van der Waals surface area (Å²) in [5.41, 5.74) is 2.60. The lowest BCUT2D eigenvalue weighted by Gasteiger charge is -2.16. The lowest BCUT2D eigenvalue weighted by molar-refractivity contribution is -0.122. The van der Waals surface area contributed by atoms with Gasteiger partial charge >= 0.3 is 5.97 Å². The van der Waals surface area contributed by atoms with E-state index in [0.717, 1.165) is 27.4 Å². The number of hydrogen-bond donors (Lipinski definition) is 0. The first-order valence-electron chi connectivity index (χ1n) is 8.43. The first kappa shape index (κ1) is 18.3. The smallest absolute Gasteiger partial charge is 0.348 e. The molecule has 0 amide bonds. The summed E-state index contributed by atoms with van der Waals surface area (Å²) < 4.78 is 10.9. The largest absolute Gasteiger partial charge is 0.488 e. The van der Waals surface area contributed by atoms with Crippen molar-refractivity contribution in [2.45, 2.75) is 19.4 Å². The maximum absolute atomic E-state index is 12.4. The molecule has 8 heteroatoms. The summed E-state index contributed by atoms with van der Waals surface area (Å²) in [5.74, 6) is -1.32. The molecule has 6 nitrogen and oxygen atoms in total. The van der Waals surface area contributed by atoms with Gasteiger partial charge in [0.05, 0.1) is 6.07 Å². The number of para-hydroxylation sites is 1. The fraction of sp³-hybridized carbons (Fsp3) is 0.200. The van der Waals surface area contributed by atoms with Crippen molar-refractivity contribution in [1.29, 1.82) is 5.26 Å². The lowest BCUT2D eigenvalue weighted by atomic mass is 10.1. The number of aromatic nitrogens is 1. The molecule has 3 aromatic rings. The molecule has 2 aromatic heterocycles. The third kappa shape index (κ3) is 3.42.